The van der Waals surface area contributed by atoms with E-state index in [1.54, 1.807) is 35.4 Å². The summed E-state index contributed by atoms with van der Waals surface area (Å²) < 4.78 is 13.1. The maximum Gasteiger partial charge on any atom is 0.338 e. The summed E-state index contributed by atoms with van der Waals surface area (Å²) in [5.41, 5.74) is 2.69. The summed E-state index contributed by atoms with van der Waals surface area (Å²) in [7, 11) is 0. The molecule has 0 unspecified atom stereocenters. The Kier molecular flexibility index (Phi) is 8.29. The van der Waals surface area contributed by atoms with Gasteiger partial charge >= 0.3 is 5.97 Å². The van der Waals surface area contributed by atoms with Gasteiger partial charge in [-0.05, 0) is 43.0 Å². The first kappa shape index (κ1) is 27.2. The minimum atomic E-state index is -0.742. The van der Waals surface area contributed by atoms with Crippen LogP contribution in [0.5, 0.6) is 5.75 Å². The van der Waals surface area contributed by atoms with Gasteiger partial charge in [-0.2, -0.15) is 5.26 Å². The van der Waals surface area contributed by atoms with Gasteiger partial charge < -0.3 is 9.47 Å². The van der Waals surface area contributed by atoms with E-state index in [1.807, 2.05) is 85.1 Å². The van der Waals surface area contributed by atoms with E-state index in [2.05, 4.69) is 0 Å². The number of ether oxygens (including phenoxy) is 2. The van der Waals surface area contributed by atoms with E-state index in [9.17, 15) is 9.59 Å². The highest BCUT2D eigenvalue weighted by molar-refractivity contribution is 7.98. The molecule has 200 valence electrons. The zero-order valence-electron chi connectivity index (χ0n) is 21.9. The molecule has 0 fully saturated rings. The summed E-state index contributed by atoms with van der Waals surface area (Å²) in [6.07, 6.45) is 3.73. The standard InChI is InChI=1S/C31H25N3O4S2/c1-3-37-30(36)26-27(20-9-5-4-6-10-20)33-31-34(28(26)21-13-15-23(39-2)16-14-21)29(35)25(40-31)19-22-11-7-8-12-24(22)38-18-17-32/h4-16,19,28H,3,18H2,1-2H3/b25-19-/t28-/m1/s1. The van der Waals surface area contributed by atoms with Crippen molar-refractivity contribution >= 4 is 40.8 Å². The minimum Gasteiger partial charge on any atom is -0.478 e. The van der Waals surface area contributed by atoms with Crippen LogP contribution in [0, 0.1) is 11.3 Å². The molecule has 40 heavy (non-hydrogen) atoms. The Bertz CT molecular complexity index is 1800. The topological polar surface area (TPSA) is 93.7 Å². The predicted molar refractivity (Wildman–Crippen MR) is 157 cm³/mol. The number of rotatable bonds is 8. The molecule has 1 aromatic heterocycles. The lowest BCUT2D eigenvalue weighted by Crippen LogP contribution is -2.40. The third kappa shape index (κ3) is 5.37. The number of thiazole rings is 1. The molecular weight excluding hydrogens is 542 g/mol. The van der Waals surface area contributed by atoms with E-state index in [4.69, 9.17) is 19.7 Å². The van der Waals surface area contributed by atoms with Crippen molar-refractivity contribution in [2.75, 3.05) is 19.5 Å². The third-order valence-corrected chi connectivity index (χ3v) is 8.03. The quantitative estimate of drug-likeness (QED) is 0.229. The van der Waals surface area contributed by atoms with Gasteiger partial charge in [0.15, 0.2) is 11.4 Å². The second-order valence-corrected chi connectivity index (χ2v) is 10.6. The number of fused-ring (bicyclic) bond motifs is 1. The Balaban J connectivity index is 1.79. The van der Waals surface area contributed by atoms with E-state index in [-0.39, 0.29) is 18.8 Å². The van der Waals surface area contributed by atoms with Crippen LogP contribution in [0.1, 0.15) is 29.7 Å². The first-order valence-electron chi connectivity index (χ1n) is 12.6. The second kappa shape index (κ2) is 12.2. The van der Waals surface area contributed by atoms with Crippen molar-refractivity contribution in [1.29, 1.82) is 5.26 Å². The number of hydrogen-bond donors (Lipinski definition) is 0. The number of aromatic nitrogens is 1. The molecular formula is C31H25N3O4S2. The molecule has 1 atom stereocenters. The Hall–Kier alpha value is -4.39. The fourth-order valence-corrected chi connectivity index (χ4v) is 5.92. The number of para-hydroxylation sites is 1. The number of benzene rings is 3. The fourth-order valence-electron chi connectivity index (χ4n) is 4.52. The maximum atomic E-state index is 14.0. The largest absolute Gasteiger partial charge is 0.478 e. The molecule has 0 spiro atoms. The molecule has 0 N–H and O–H groups in total. The van der Waals surface area contributed by atoms with Crippen molar-refractivity contribution in [3.8, 4) is 11.8 Å². The molecule has 0 saturated carbocycles. The highest BCUT2D eigenvalue weighted by Gasteiger charge is 2.35. The average molecular weight is 568 g/mol. The SMILES string of the molecule is CCOC(=O)C1=C(c2ccccc2)N=c2s/c(=C\c3ccccc3OCC#N)c(=O)n2[C@@H]1c1ccc(SC)cc1. The zero-order chi connectivity index (χ0) is 28.1. The van der Waals surface area contributed by atoms with Crippen LogP contribution in [0.15, 0.2) is 99.1 Å². The lowest BCUT2D eigenvalue weighted by Gasteiger charge is -2.26. The molecule has 1 aliphatic heterocycles. The summed E-state index contributed by atoms with van der Waals surface area (Å²) in [4.78, 5) is 34.0. The van der Waals surface area contributed by atoms with Gasteiger partial charge in [0.25, 0.3) is 5.56 Å². The molecule has 4 aromatic rings. The van der Waals surface area contributed by atoms with E-state index >= 15 is 0 Å². The van der Waals surface area contributed by atoms with E-state index in [1.165, 1.54) is 11.3 Å². The summed E-state index contributed by atoms with van der Waals surface area (Å²) >= 11 is 2.85. The van der Waals surface area contributed by atoms with Crippen LogP contribution in [0.25, 0.3) is 11.8 Å². The van der Waals surface area contributed by atoms with Gasteiger partial charge in [-0.3, -0.25) is 9.36 Å². The summed E-state index contributed by atoms with van der Waals surface area (Å²) in [5.74, 6) is -0.0233. The smallest absolute Gasteiger partial charge is 0.338 e. The lowest BCUT2D eigenvalue weighted by atomic mass is 9.93. The van der Waals surface area contributed by atoms with Crippen LogP contribution in [-0.2, 0) is 9.53 Å². The van der Waals surface area contributed by atoms with Crippen molar-refractivity contribution in [3.05, 3.63) is 121 Å². The first-order valence-corrected chi connectivity index (χ1v) is 14.6. The Morgan fingerprint density at radius 3 is 2.52 bits per heavy atom. The number of carbonyl (C=O) groups excluding carboxylic acids is 1. The average Bonchev–Trinajstić information content (AvgIpc) is 3.30. The van der Waals surface area contributed by atoms with Crippen molar-refractivity contribution in [2.24, 2.45) is 4.99 Å². The molecule has 0 bridgehead atoms. The van der Waals surface area contributed by atoms with Crippen molar-refractivity contribution in [2.45, 2.75) is 17.9 Å². The van der Waals surface area contributed by atoms with E-state index in [0.717, 1.165) is 16.0 Å². The van der Waals surface area contributed by atoms with Gasteiger partial charge in [0.2, 0.25) is 0 Å². The molecule has 5 rings (SSSR count). The molecule has 2 heterocycles. The number of nitriles is 1. The Morgan fingerprint density at radius 2 is 1.82 bits per heavy atom. The monoisotopic (exact) mass is 567 g/mol. The van der Waals surface area contributed by atoms with Gasteiger partial charge in [0, 0.05) is 16.0 Å². The predicted octanol–water partition coefficient (Wildman–Crippen LogP) is 4.56. The molecule has 0 aliphatic carbocycles. The molecule has 3 aromatic carbocycles. The maximum absolute atomic E-state index is 14.0. The second-order valence-electron chi connectivity index (χ2n) is 8.69. The van der Waals surface area contributed by atoms with Crippen LogP contribution in [0.3, 0.4) is 0 Å². The molecule has 0 amide bonds. The summed E-state index contributed by atoms with van der Waals surface area (Å²) in [6.45, 7) is 1.83. The number of hydrogen-bond acceptors (Lipinski definition) is 8. The van der Waals surface area contributed by atoms with Crippen LogP contribution in [0.4, 0.5) is 0 Å². The number of nitrogens with zero attached hydrogens (tertiary/aromatic N) is 3. The van der Waals surface area contributed by atoms with Crippen LogP contribution < -0.4 is 19.6 Å². The van der Waals surface area contributed by atoms with Gasteiger partial charge in [-0.15, -0.1) is 11.8 Å². The zero-order valence-corrected chi connectivity index (χ0v) is 23.5. The number of thioether (sulfide) groups is 1. The van der Waals surface area contributed by atoms with Gasteiger partial charge in [-0.25, -0.2) is 9.79 Å². The number of carbonyl (C=O) groups is 1. The van der Waals surface area contributed by atoms with Crippen molar-refractivity contribution < 1.29 is 14.3 Å². The van der Waals surface area contributed by atoms with Gasteiger partial charge in [-0.1, -0.05) is 72.0 Å². The molecule has 0 saturated heterocycles. The lowest BCUT2D eigenvalue weighted by molar-refractivity contribution is -0.138. The van der Waals surface area contributed by atoms with Gasteiger partial charge in [0.05, 0.1) is 28.5 Å². The van der Waals surface area contributed by atoms with Crippen molar-refractivity contribution in [3.63, 3.8) is 0 Å². The van der Waals surface area contributed by atoms with E-state index < -0.39 is 12.0 Å². The summed E-state index contributed by atoms with van der Waals surface area (Å²) in [6, 6.07) is 25.7. The van der Waals surface area contributed by atoms with Crippen molar-refractivity contribution in [1.82, 2.24) is 4.57 Å². The first-order chi connectivity index (χ1) is 19.5. The summed E-state index contributed by atoms with van der Waals surface area (Å²) in [5, 5.41) is 8.97. The fraction of sp³-hybridized carbons (Fsp3) is 0.161. The molecule has 7 nitrogen and oxygen atoms in total. The number of esters is 1. The van der Waals surface area contributed by atoms with Crippen LogP contribution in [-0.4, -0.2) is 30.0 Å². The molecule has 0 radical (unpaired) electrons. The Morgan fingerprint density at radius 1 is 1.10 bits per heavy atom. The van der Waals surface area contributed by atoms with Crippen LogP contribution in [0.2, 0.25) is 0 Å². The highest BCUT2D eigenvalue weighted by atomic mass is 32.2. The minimum absolute atomic E-state index is 0.110. The normalized spacial score (nSPS) is 14.7. The van der Waals surface area contributed by atoms with Gasteiger partial charge in [0.1, 0.15) is 11.8 Å². The molecule has 9 heteroatoms. The highest BCUT2D eigenvalue weighted by Crippen LogP contribution is 2.35. The third-order valence-electron chi connectivity index (χ3n) is 6.30. The van der Waals surface area contributed by atoms with Crippen LogP contribution >= 0.6 is 23.1 Å². The van der Waals surface area contributed by atoms with E-state index in [0.29, 0.717) is 31.9 Å². The Labute approximate surface area is 239 Å². The molecule has 1 aliphatic rings.